The minimum atomic E-state index is 0. The topological polar surface area (TPSA) is 46.3 Å². The fourth-order valence-electron chi connectivity index (χ4n) is 1.91. The van der Waals surface area contributed by atoms with Gasteiger partial charge in [0, 0.05) is 29.2 Å². The second-order valence-corrected chi connectivity index (χ2v) is 5.06. The zero-order valence-corrected chi connectivity index (χ0v) is 11.8. The minimum absolute atomic E-state index is 0. The normalized spacial score (nSPS) is 16.5. The molecule has 1 amide bonds. The number of hydrogen-bond donors (Lipinski definition) is 1. The Morgan fingerprint density at radius 2 is 2.00 bits per heavy atom. The van der Waals surface area contributed by atoms with Crippen molar-refractivity contribution in [1.82, 2.24) is 4.90 Å². The summed E-state index contributed by atoms with van der Waals surface area (Å²) in [7, 11) is 0. The molecule has 1 aliphatic heterocycles. The number of amides is 1. The molecule has 0 radical (unpaired) electrons. The van der Waals surface area contributed by atoms with Crippen molar-refractivity contribution >= 4 is 34.2 Å². The molecule has 2 rings (SSSR count). The van der Waals surface area contributed by atoms with E-state index in [0.717, 1.165) is 36.0 Å². The highest BCUT2D eigenvalue weighted by Gasteiger charge is 2.21. The van der Waals surface area contributed by atoms with Crippen LogP contribution in [0.15, 0.2) is 28.7 Å². The first kappa shape index (κ1) is 14.5. The van der Waals surface area contributed by atoms with Gasteiger partial charge in [0.1, 0.15) is 0 Å². The Balaban J connectivity index is 0.00000144. The van der Waals surface area contributed by atoms with Crippen LogP contribution in [0, 0.1) is 0 Å². The van der Waals surface area contributed by atoms with E-state index in [1.807, 2.05) is 29.2 Å². The Hall–Kier alpha value is -0.580. The third-order valence-electron chi connectivity index (χ3n) is 2.90. The molecule has 0 bridgehead atoms. The predicted octanol–water partition coefficient (Wildman–Crippen LogP) is 2.43. The Morgan fingerprint density at radius 1 is 1.35 bits per heavy atom. The number of rotatable bonds is 1. The van der Waals surface area contributed by atoms with Crippen LogP contribution >= 0.6 is 28.3 Å². The number of likely N-dealkylation sites (tertiary alicyclic amines) is 1. The maximum atomic E-state index is 12.1. The molecule has 0 saturated carbocycles. The first-order valence-electron chi connectivity index (χ1n) is 5.47. The van der Waals surface area contributed by atoms with Gasteiger partial charge in [-0.1, -0.05) is 22.0 Å². The lowest BCUT2D eigenvalue weighted by Gasteiger charge is -2.30. The molecule has 0 atom stereocenters. The molecule has 1 aliphatic rings. The number of halogens is 2. The molecule has 1 heterocycles. The molecule has 2 N–H and O–H groups in total. The van der Waals surface area contributed by atoms with E-state index in [9.17, 15) is 4.79 Å². The average molecular weight is 320 g/mol. The van der Waals surface area contributed by atoms with E-state index >= 15 is 0 Å². The molecule has 0 aromatic heterocycles. The standard InChI is InChI=1S/C12H15BrN2O.ClH/c13-10-3-1-2-9(8-10)12(16)15-6-4-11(14)5-7-15;/h1-3,8,11H,4-7,14H2;1H. The summed E-state index contributed by atoms with van der Waals surface area (Å²) in [6.45, 7) is 1.54. The first-order valence-corrected chi connectivity index (χ1v) is 6.26. The van der Waals surface area contributed by atoms with Crippen molar-refractivity contribution in [3.63, 3.8) is 0 Å². The number of nitrogens with two attached hydrogens (primary N) is 1. The summed E-state index contributed by atoms with van der Waals surface area (Å²) in [6, 6.07) is 7.76. The molecule has 5 heteroatoms. The summed E-state index contributed by atoms with van der Waals surface area (Å²) in [5.41, 5.74) is 6.56. The first-order chi connectivity index (χ1) is 7.66. The molecule has 94 valence electrons. The zero-order valence-electron chi connectivity index (χ0n) is 9.43. The van der Waals surface area contributed by atoms with Crippen molar-refractivity contribution in [3.05, 3.63) is 34.3 Å². The van der Waals surface area contributed by atoms with E-state index in [1.165, 1.54) is 0 Å². The number of hydrogen-bond acceptors (Lipinski definition) is 2. The van der Waals surface area contributed by atoms with Crippen LogP contribution in [-0.4, -0.2) is 29.9 Å². The highest BCUT2D eigenvalue weighted by molar-refractivity contribution is 9.10. The number of nitrogens with zero attached hydrogens (tertiary/aromatic N) is 1. The molecule has 3 nitrogen and oxygen atoms in total. The van der Waals surface area contributed by atoms with Crippen molar-refractivity contribution in [3.8, 4) is 0 Å². The highest BCUT2D eigenvalue weighted by Crippen LogP contribution is 2.16. The molecule has 1 aromatic rings. The Morgan fingerprint density at radius 3 is 2.59 bits per heavy atom. The number of benzene rings is 1. The zero-order chi connectivity index (χ0) is 11.5. The molecule has 1 saturated heterocycles. The van der Waals surface area contributed by atoms with Gasteiger partial charge in [-0.3, -0.25) is 4.79 Å². The Bertz CT molecular complexity index is 392. The van der Waals surface area contributed by atoms with Crippen molar-refractivity contribution in [2.45, 2.75) is 18.9 Å². The van der Waals surface area contributed by atoms with Gasteiger partial charge in [-0.25, -0.2) is 0 Å². The summed E-state index contributed by atoms with van der Waals surface area (Å²) in [4.78, 5) is 14.0. The monoisotopic (exact) mass is 318 g/mol. The van der Waals surface area contributed by atoms with E-state index < -0.39 is 0 Å². The van der Waals surface area contributed by atoms with Crippen LogP contribution < -0.4 is 5.73 Å². The van der Waals surface area contributed by atoms with E-state index in [-0.39, 0.29) is 24.4 Å². The summed E-state index contributed by atoms with van der Waals surface area (Å²) in [6.07, 6.45) is 1.81. The number of piperidine rings is 1. The fourth-order valence-corrected chi connectivity index (χ4v) is 2.31. The summed E-state index contributed by atoms with van der Waals surface area (Å²) >= 11 is 3.37. The Kier molecular flexibility index (Phi) is 5.43. The van der Waals surface area contributed by atoms with Crippen molar-refractivity contribution in [2.75, 3.05) is 13.1 Å². The van der Waals surface area contributed by atoms with Crippen LogP contribution in [-0.2, 0) is 0 Å². The van der Waals surface area contributed by atoms with Crippen LogP contribution in [0.4, 0.5) is 0 Å². The van der Waals surface area contributed by atoms with Gasteiger partial charge in [0.15, 0.2) is 0 Å². The van der Waals surface area contributed by atoms with Gasteiger partial charge in [0.25, 0.3) is 5.91 Å². The summed E-state index contributed by atoms with van der Waals surface area (Å²) in [5.74, 6) is 0.105. The van der Waals surface area contributed by atoms with E-state index in [2.05, 4.69) is 15.9 Å². The molecular weight excluding hydrogens is 304 g/mol. The van der Waals surface area contributed by atoms with Crippen LogP contribution in [0.1, 0.15) is 23.2 Å². The van der Waals surface area contributed by atoms with E-state index in [4.69, 9.17) is 5.73 Å². The van der Waals surface area contributed by atoms with Crippen molar-refractivity contribution in [1.29, 1.82) is 0 Å². The summed E-state index contributed by atoms with van der Waals surface area (Å²) < 4.78 is 0.937. The van der Waals surface area contributed by atoms with E-state index in [0.29, 0.717) is 0 Å². The smallest absolute Gasteiger partial charge is 0.253 e. The minimum Gasteiger partial charge on any atom is -0.339 e. The second-order valence-electron chi connectivity index (χ2n) is 4.14. The van der Waals surface area contributed by atoms with Crippen LogP contribution in [0.2, 0.25) is 0 Å². The number of carbonyl (C=O) groups excluding carboxylic acids is 1. The quantitative estimate of drug-likeness (QED) is 0.864. The van der Waals surface area contributed by atoms with Crippen LogP contribution in [0.25, 0.3) is 0 Å². The largest absolute Gasteiger partial charge is 0.339 e. The third-order valence-corrected chi connectivity index (χ3v) is 3.39. The fraction of sp³-hybridized carbons (Fsp3) is 0.417. The third kappa shape index (κ3) is 3.69. The lowest BCUT2D eigenvalue weighted by Crippen LogP contribution is -2.42. The maximum Gasteiger partial charge on any atom is 0.253 e. The highest BCUT2D eigenvalue weighted by atomic mass is 79.9. The van der Waals surface area contributed by atoms with Gasteiger partial charge >= 0.3 is 0 Å². The van der Waals surface area contributed by atoms with Crippen LogP contribution in [0.3, 0.4) is 0 Å². The molecule has 0 aliphatic carbocycles. The molecule has 1 fully saturated rings. The van der Waals surface area contributed by atoms with Crippen LogP contribution in [0.5, 0.6) is 0 Å². The number of carbonyl (C=O) groups is 1. The predicted molar refractivity (Wildman–Crippen MR) is 74.5 cm³/mol. The van der Waals surface area contributed by atoms with Gasteiger partial charge in [0.2, 0.25) is 0 Å². The molecule has 0 unspecified atom stereocenters. The van der Waals surface area contributed by atoms with Gasteiger partial charge in [-0.05, 0) is 31.0 Å². The molecule has 1 aromatic carbocycles. The van der Waals surface area contributed by atoms with Gasteiger partial charge in [-0.15, -0.1) is 12.4 Å². The maximum absolute atomic E-state index is 12.1. The lowest BCUT2D eigenvalue weighted by atomic mass is 10.1. The Labute approximate surface area is 116 Å². The van der Waals surface area contributed by atoms with Gasteiger partial charge in [-0.2, -0.15) is 0 Å². The van der Waals surface area contributed by atoms with Crippen molar-refractivity contribution in [2.24, 2.45) is 5.73 Å². The van der Waals surface area contributed by atoms with E-state index in [1.54, 1.807) is 0 Å². The average Bonchev–Trinajstić information content (AvgIpc) is 2.29. The van der Waals surface area contributed by atoms with Crippen molar-refractivity contribution < 1.29 is 4.79 Å². The molecular formula is C12H16BrClN2O. The summed E-state index contributed by atoms with van der Waals surface area (Å²) in [5, 5.41) is 0. The SMILES string of the molecule is Cl.NC1CCN(C(=O)c2cccc(Br)c2)CC1. The molecule has 0 spiro atoms. The van der Waals surface area contributed by atoms with Gasteiger partial charge < -0.3 is 10.6 Å². The lowest BCUT2D eigenvalue weighted by molar-refractivity contribution is 0.0714. The van der Waals surface area contributed by atoms with Gasteiger partial charge in [0.05, 0.1) is 0 Å². The molecule has 17 heavy (non-hydrogen) atoms. The second kappa shape index (κ2) is 6.38.